The summed E-state index contributed by atoms with van der Waals surface area (Å²) in [6, 6.07) is 0. The van der Waals surface area contributed by atoms with Gasteiger partial charge in [-0.3, -0.25) is 4.79 Å². The van der Waals surface area contributed by atoms with E-state index in [-0.39, 0.29) is 25.8 Å². The minimum atomic E-state index is -0.691. The molecular formula is C24H48O4. The van der Waals surface area contributed by atoms with Crippen LogP contribution in [0, 0.1) is 11.3 Å². The first-order valence-electron chi connectivity index (χ1n) is 11.9. The van der Waals surface area contributed by atoms with E-state index in [1.807, 2.05) is 6.92 Å². The van der Waals surface area contributed by atoms with Crippen LogP contribution >= 0.6 is 0 Å². The maximum Gasteiger partial charge on any atom is 0.305 e. The lowest BCUT2D eigenvalue weighted by molar-refractivity contribution is -0.149. The topological polar surface area (TPSA) is 66.8 Å². The first-order valence-corrected chi connectivity index (χ1v) is 11.9. The second-order valence-corrected chi connectivity index (χ2v) is 9.01. The first kappa shape index (κ1) is 27.4. The number of hydrogen-bond acceptors (Lipinski definition) is 4. The third-order valence-electron chi connectivity index (χ3n) is 5.87. The largest absolute Gasteiger partial charge is 0.465 e. The van der Waals surface area contributed by atoms with Crippen molar-refractivity contribution in [3.05, 3.63) is 0 Å². The van der Waals surface area contributed by atoms with Gasteiger partial charge in [-0.1, -0.05) is 97.8 Å². The van der Waals surface area contributed by atoms with Gasteiger partial charge in [0, 0.05) is 6.42 Å². The van der Waals surface area contributed by atoms with E-state index in [2.05, 4.69) is 13.8 Å². The first-order chi connectivity index (χ1) is 13.5. The van der Waals surface area contributed by atoms with Crippen LogP contribution in [0.15, 0.2) is 0 Å². The molecule has 2 N–H and O–H groups in total. The fourth-order valence-corrected chi connectivity index (χ4v) is 3.36. The predicted octanol–water partition coefficient (Wildman–Crippen LogP) is 6.03. The number of aliphatic hydroxyl groups excluding tert-OH is 2. The summed E-state index contributed by atoms with van der Waals surface area (Å²) in [5, 5.41) is 18.7. The van der Waals surface area contributed by atoms with Crippen LogP contribution in [0.25, 0.3) is 0 Å². The summed E-state index contributed by atoms with van der Waals surface area (Å²) < 4.78 is 5.24. The van der Waals surface area contributed by atoms with Crippen molar-refractivity contribution in [3.8, 4) is 0 Å². The number of rotatable bonds is 20. The zero-order chi connectivity index (χ0) is 21.1. The molecule has 0 aliphatic carbocycles. The summed E-state index contributed by atoms with van der Waals surface area (Å²) >= 11 is 0. The van der Waals surface area contributed by atoms with Gasteiger partial charge < -0.3 is 14.9 Å². The zero-order valence-corrected chi connectivity index (χ0v) is 19.0. The van der Waals surface area contributed by atoms with E-state index >= 15 is 0 Å². The molecule has 0 amide bonds. The third kappa shape index (κ3) is 15.3. The number of aliphatic hydroxyl groups is 2. The predicted molar refractivity (Wildman–Crippen MR) is 117 cm³/mol. The zero-order valence-electron chi connectivity index (χ0n) is 19.0. The Hall–Kier alpha value is -0.610. The third-order valence-corrected chi connectivity index (χ3v) is 5.87. The minimum Gasteiger partial charge on any atom is -0.465 e. The molecule has 0 aromatic rings. The molecule has 168 valence electrons. The molecular weight excluding hydrogens is 352 g/mol. The normalized spacial score (nSPS) is 11.9. The Balaban J connectivity index is 3.38. The van der Waals surface area contributed by atoms with E-state index in [1.165, 1.54) is 70.6 Å². The lowest BCUT2D eigenvalue weighted by Crippen LogP contribution is -2.35. The molecule has 0 saturated heterocycles. The maximum absolute atomic E-state index is 11.8. The van der Waals surface area contributed by atoms with E-state index in [9.17, 15) is 15.0 Å². The maximum atomic E-state index is 11.8. The van der Waals surface area contributed by atoms with Crippen molar-refractivity contribution in [2.75, 3.05) is 19.8 Å². The van der Waals surface area contributed by atoms with E-state index in [1.54, 1.807) is 0 Å². The summed E-state index contributed by atoms with van der Waals surface area (Å²) in [6.07, 6.45) is 17.8. The fraction of sp³-hybridized carbons (Fsp3) is 0.958. The summed E-state index contributed by atoms with van der Waals surface area (Å²) in [6.45, 7) is 6.27. The Morgan fingerprint density at radius 3 is 1.61 bits per heavy atom. The Morgan fingerprint density at radius 1 is 0.786 bits per heavy atom. The molecule has 0 spiro atoms. The van der Waals surface area contributed by atoms with Crippen LogP contribution in [0.4, 0.5) is 0 Å². The van der Waals surface area contributed by atoms with E-state index < -0.39 is 5.41 Å². The molecule has 4 nitrogen and oxygen atoms in total. The van der Waals surface area contributed by atoms with Crippen molar-refractivity contribution in [1.82, 2.24) is 0 Å². The molecule has 0 saturated carbocycles. The van der Waals surface area contributed by atoms with Crippen molar-refractivity contribution >= 4 is 5.97 Å². The lowest BCUT2D eigenvalue weighted by Gasteiger charge is -2.27. The van der Waals surface area contributed by atoms with Gasteiger partial charge in [0.25, 0.3) is 0 Å². The molecule has 0 rings (SSSR count). The highest BCUT2D eigenvalue weighted by Crippen LogP contribution is 2.21. The number of ether oxygens (including phenoxy) is 1. The molecule has 0 aromatic heterocycles. The van der Waals surface area contributed by atoms with Gasteiger partial charge in [0.15, 0.2) is 0 Å². The second-order valence-electron chi connectivity index (χ2n) is 9.01. The van der Waals surface area contributed by atoms with Crippen LogP contribution in [0.3, 0.4) is 0 Å². The summed E-state index contributed by atoms with van der Waals surface area (Å²) in [4.78, 5) is 11.8. The Morgan fingerprint density at radius 2 is 1.21 bits per heavy atom. The Labute approximate surface area is 174 Å². The van der Waals surface area contributed by atoms with Crippen molar-refractivity contribution in [2.45, 2.75) is 117 Å². The summed E-state index contributed by atoms with van der Waals surface area (Å²) in [5.41, 5.74) is -0.691. The average Bonchev–Trinajstić information content (AvgIpc) is 2.69. The summed E-state index contributed by atoms with van der Waals surface area (Å²) in [7, 11) is 0. The highest BCUT2D eigenvalue weighted by molar-refractivity contribution is 5.69. The molecule has 0 unspecified atom stereocenters. The average molecular weight is 401 g/mol. The van der Waals surface area contributed by atoms with Gasteiger partial charge in [-0.15, -0.1) is 0 Å². The van der Waals surface area contributed by atoms with Crippen molar-refractivity contribution in [2.24, 2.45) is 11.3 Å². The van der Waals surface area contributed by atoms with E-state index in [4.69, 9.17) is 4.74 Å². The van der Waals surface area contributed by atoms with Crippen LogP contribution < -0.4 is 0 Å². The van der Waals surface area contributed by atoms with E-state index in [0.29, 0.717) is 12.8 Å². The molecule has 0 radical (unpaired) electrons. The molecule has 4 heteroatoms. The molecule has 0 aliphatic rings. The summed E-state index contributed by atoms with van der Waals surface area (Å²) in [5.74, 6) is 0.636. The van der Waals surface area contributed by atoms with Crippen molar-refractivity contribution < 1.29 is 19.7 Å². The van der Waals surface area contributed by atoms with Crippen LogP contribution in [-0.2, 0) is 9.53 Å². The lowest BCUT2D eigenvalue weighted by atomic mass is 9.88. The Bertz CT molecular complexity index is 342. The molecule has 0 atom stereocenters. The number of carbonyl (C=O) groups excluding carboxylic acids is 1. The Kier molecular flexibility index (Phi) is 18.0. The van der Waals surface area contributed by atoms with Gasteiger partial charge in [-0.05, 0) is 18.8 Å². The highest BCUT2D eigenvalue weighted by Gasteiger charge is 2.28. The van der Waals surface area contributed by atoms with Crippen LogP contribution in [0.1, 0.15) is 117 Å². The quantitative estimate of drug-likeness (QED) is 0.193. The highest BCUT2D eigenvalue weighted by atomic mass is 16.5. The molecule has 28 heavy (non-hydrogen) atoms. The number of carbonyl (C=O) groups is 1. The molecule has 0 bridgehead atoms. The molecule has 0 heterocycles. The van der Waals surface area contributed by atoms with Gasteiger partial charge in [-0.25, -0.2) is 0 Å². The smallest absolute Gasteiger partial charge is 0.305 e. The van der Waals surface area contributed by atoms with Crippen molar-refractivity contribution in [3.63, 3.8) is 0 Å². The van der Waals surface area contributed by atoms with Crippen LogP contribution in [0.5, 0.6) is 0 Å². The van der Waals surface area contributed by atoms with Gasteiger partial charge in [-0.2, -0.15) is 0 Å². The van der Waals surface area contributed by atoms with Gasteiger partial charge in [0.05, 0.1) is 18.6 Å². The standard InChI is InChI=1S/C24H48O4/c1-4-24(19-25,20-26)21-28-23(27)18-16-14-12-10-8-6-5-7-9-11-13-15-17-22(2)3/h22,25-26H,4-21H2,1-3H3. The minimum absolute atomic E-state index is 0.104. The second kappa shape index (κ2) is 18.4. The van der Waals surface area contributed by atoms with Crippen LogP contribution in [0.2, 0.25) is 0 Å². The van der Waals surface area contributed by atoms with Crippen LogP contribution in [-0.4, -0.2) is 36.0 Å². The molecule has 0 aliphatic heterocycles. The van der Waals surface area contributed by atoms with E-state index in [0.717, 1.165) is 18.8 Å². The van der Waals surface area contributed by atoms with Crippen molar-refractivity contribution in [1.29, 1.82) is 0 Å². The molecule has 0 aromatic carbocycles. The number of hydrogen-bond donors (Lipinski definition) is 2. The molecule has 0 fully saturated rings. The monoisotopic (exact) mass is 400 g/mol. The van der Waals surface area contributed by atoms with Gasteiger partial charge >= 0.3 is 5.97 Å². The number of esters is 1. The SMILES string of the molecule is CCC(CO)(CO)COC(=O)CCCCCCCCCCCCCCC(C)C. The number of unbranched alkanes of at least 4 members (excludes halogenated alkanes) is 11. The fourth-order valence-electron chi connectivity index (χ4n) is 3.36. The van der Waals surface area contributed by atoms with Gasteiger partial charge in [0.1, 0.15) is 6.61 Å². The van der Waals surface area contributed by atoms with Gasteiger partial charge in [0.2, 0.25) is 0 Å².